The summed E-state index contributed by atoms with van der Waals surface area (Å²) in [6.45, 7) is 0. The fourth-order valence-electron chi connectivity index (χ4n) is 3.07. The maximum Gasteiger partial charge on any atom is 0.347 e. The number of hydrogen-bond donors (Lipinski definition) is 1. The molecule has 0 spiro atoms. The average Bonchev–Trinajstić information content (AvgIpc) is 3.16. The van der Waals surface area contributed by atoms with Crippen LogP contribution in [0.2, 0.25) is 5.02 Å². The van der Waals surface area contributed by atoms with Crippen molar-refractivity contribution >= 4 is 45.0 Å². The molecule has 2 heterocycles. The van der Waals surface area contributed by atoms with E-state index in [0.29, 0.717) is 33.4 Å². The van der Waals surface area contributed by atoms with Gasteiger partial charge in [-0.15, -0.1) is 0 Å². The zero-order valence-corrected chi connectivity index (χ0v) is 15.7. The van der Waals surface area contributed by atoms with Crippen LogP contribution in [-0.4, -0.2) is 9.97 Å². The lowest BCUT2D eigenvalue weighted by molar-refractivity contribution is 0.563. The number of hydrogen-bond acceptors (Lipinski definition) is 5. The largest absolute Gasteiger partial charge is 0.422 e. The first kappa shape index (κ1) is 17.3. The van der Waals surface area contributed by atoms with Crippen LogP contribution in [-0.2, 0) is 0 Å². The average molecular weight is 401 g/mol. The maximum absolute atomic E-state index is 12.5. The Labute approximate surface area is 169 Å². The minimum Gasteiger partial charge on any atom is -0.422 e. The van der Waals surface area contributed by atoms with E-state index in [4.69, 9.17) is 16.0 Å². The van der Waals surface area contributed by atoms with E-state index in [1.54, 1.807) is 36.4 Å². The lowest BCUT2D eigenvalue weighted by Crippen LogP contribution is -2.03. The van der Waals surface area contributed by atoms with Crippen LogP contribution in [0.1, 0.15) is 0 Å². The van der Waals surface area contributed by atoms with E-state index >= 15 is 0 Å². The Morgan fingerprint density at radius 1 is 0.897 bits per heavy atom. The molecule has 0 radical (unpaired) electrons. The van der Waals surface area contributed by atoms with Crippen LogP contribution in [0.5, 0.6) is 0 Å². The second kappa shape index (κ2) is 7.00. The van der Waals surface area contributed by atoms with E-state index in [1.165, 1.54) is 0 Å². The molecule has 0 bridgehead atoms. The Hall–Kier alpha value is -3.77. The van der Waals surface area contributed by atoms with Gasteiger partial charge < -0.3 is 9.40 Å². The number of azo groups is 1. The number of nitrogens with one attached hydrogen (secondary N) is 1. The molecule has 0 fully saturated rings. The van der Waals surface area contributed by atoms with E-state index in [1.807, 2.05) is 36.4 Å². The van der Waals surface area contributed by atoms with Crippen molar-refractivity contribution in [2.24, 2.45) is 10.2 Å². The number of nitrogens with zero attached hydrogens (tertiary/aromatic N) is 3. The van der Waals surface area contributed by atoms with Crippen molar-refractivity contribution in [3.8, 4) is 11.4 Å². The molecule has 0 unspecified atom stereocenters. The summed E-state index contributed by atoms with van der Waals surface area (Å²) < 4.78 is 5.47. The van der Waals surface area contributed by atoms with E-state index in [0.717, 1.165) is 16.4 Å². The van der Waals surface area contributed by atoms with Gasteiger partial charge in [-0.2, -0.15) is 10.2 Å². The Kier molecular flexibility index (Phi) is 4.18. The quantitative estimate of drug-likeness (QED) is 0.280. The van der Waals surface area contributed by atoms with Crippen LogP contribution in [0, 0.1) is 0 Å². The van der Waals surface area contributed by atoms with Gasteiger partial charge in [0.05, 0.1) is 22.4 Å². The first-order valence-electron chi connectivity index (χ1n) is 8.86. The van der Waals surface area contributed by atoms with Gasteiger partial charge in [0.15, 0.2) is 0 Å². The summed E-state index contributed by atoms with van der Waals surface area (Å²) >= 11 is 5.97. The molecule has 1 N–H and O–H groups in total. The van der Waals surface area contributed by atoms with Crippen molar-refractivity contribution in [3.63, 3.8) is 0 Å². The highest BCUT2D eigenvalue weighted by Crippen LogP contribution is 2.26. The van der Waals surface area contributed by atoms with Crippen LogP contribution in [0.4, 0.5) is 11.4 Å². The number of para-hydroxylation sites is 2. The van der Waals surface area contributed by atoms with Crippen LogP contribution < -0.4 is 5.63 Å². The topological polar surface area (TPSA) is 83.6 Å². The summed E-state index contributed by atoms with van der Waals surface area (Å²) in [6.07, 6.45) is 0. The molecule has 29 heavy (non-hydrogen) atoms. The van der Waals surface area contributed by atoms with Gasteiger partial charge in [0.25, 0.3) is 0 Å². The molecule has 2 aromatic heterocycles. The van der Waals surface area contributed by atoms with E-state index < -0.39 is 5.63 Å². The lowest BCUT2D eigenvalue weighted by Gasteiger charge is -2.01. The third kappa shape index (κ3) is 3.41. The second-order valence-electron chi connectivity index (χ2n) is 6.45. The molecule has 6 nitrogen and oxygen atoms in total. The van der Waals surface area contributed by atoms with Crippen molar-refractivity contribution in [2.75, 3.05) is 0 Å². The number of aromatic amines is 1. The fraction of sp³-hybridized carbons (Fsp3) is 0. The first-order valence-corrected chi connectivity index (χ1v) is 9.24. The Morgan fingerprint density at radius 2 is 1.72 bits per heavy atom. The highest BCUT2D eigenvalue weighted by Gasteiger charge is 2.12. The van der Waals surface area contributed by atoms with Gasteiger partial charge in [0, 0.05) is 10.4 Å². The third-order valence-electron chi connectivity index (χ3n) is 4.45. The number of benzene rings is 3. The molecule has 140 valence electrons. The van der Waals surface area contributed by atoms with Crippen molar-refractivity contribution in [2.45, 2.75) is 0 Å². The molecule has 0 saturated carbocycles. The molecule has 3 aromatic carbocycles. The highest BCUT2D eigenvalue weighted by atomic mass is 35.5. The molecule has 0 atom stereocenters. The molecule has 0 aliphatic carbocycles. The van der Waals surface area contributed by atoms with Crippen molar-refractivity contribution in [1.82, 2.24) is 9.97 Å². The van der Waals surface area contributed by atoms with Gasteiger partial charge >= 0.3 is 5.63 Å². The summed E-state index contributed by atoms with van der Waals surface area (Å²) in [5.74, 6) is 0.466. The van der Waals surface area contributed by atoms with Gasteiger partial charge in [0.1, 0.15) is 17.0 Å². The van der Waals surface area contributed by atoms with Crippen LogP contribution in [0.25, 0.3) is 33.4 Å². The fourth-order valence-corrected chi connectivity index (χ4v) is 3.26. The number of halogens is 1. The number of imidazole rings is 1. The Balaban J connectivity index is 1.56. The highest BCUT2D eigenvalue weighted by molar-refractivity contribution is 6.30. The third-order valence-corrected chi connectivity index (χ3v) is 4.68. The molecule has 0 aliphatic rings. The van der Waals surface area contributed by atoms with E-state index in [9.17, 15) is 4.79 Å². The van der Waals surface area contributed by atoms with Crippen molar-refractivity contribution < 1.29 is 4.42 Å². The van der Waals surface area contributed by atoms with Crippen molar-refractivity contribution in [1.29, 1.82) is 0 Å². The zero-order valence-electron chi connectivity index (χ0n) is 15.0. The smallest absolute Gasteiger partial charge is 0.347 e. The Morgan fingerprint density at radius 3 is 2.55 bits per heavy atom. The number of fused-ring (bicyclic) bond motifs is 2. The zero-order chi connectivity index (χ0) is 19.8. The van der Waals surface area contributed by atoms with Gasteiger partial charge in [-0.05, 0) is 54.6 Å². The summed E-state index contributed by atoms with van der Waals surface area (Å²) in [7, 11) is 0. The number of rotatable bonds is 3. The minimum atomic E-state index is -0.454. The monoisotopic (exact) mass is 400 g/mol. The standard InChI is InChI=1S/C22H13ClN4O2/c23-14-4-3-5-15(12-14)26-27-16-8-9-20-13(10-16)11-17(22(28)29-20)21-24-18-6-1-2-7-19(18)25-21/h1-12H,(H,24,25). The Bertz CT molecular complexity index is 1420. The number of aromatic nitrogens is 2. The molecule has 0 aliphatic heterocycles. The molecule has 0 amide bonds. The molecule has 5 aromatic rings. The minimum absolute atomic E-state index is 0.359. The van der Waals surface area contributed by atoms with Crippen LogP contribution >= 0.6 is 11.6 Å². The predicted octanol–water partition coefficient (Wildman–Crippen LogP) is 6.41. The first-order chi connectivity index (χ1) is 14.2. The molecular formula is C22H13ClN4O2. The van der Waals surface area contributed by atoms with E-state index in [-0.39, 0.29) is 0 Å². The normalized spacial score (nSPS) is 11.6. The van der Waals surface area contributed by atoms with Gasteiger partial charge in [-0.25, -0.2) is 9.78 Å². The van der Waals surface area contributed by atoms with Gasteiger partial charge in [-0.1, -0.05) is 29.8 Å². The summed E-state index contributed by atoms with van der Waals surface area (Å²) in [5, 5.41) is 9.77. The number of H-pyrrole nitrogens is 1. The SMILES string of the molecule is O=c1oc2ccc(N=Nc3cccc(Cl)c3)cc2cc1-c1nc2ccccc2[nH]1. The van der Waals surface area contributed by atoms with Crippen molar-refractivity contribution in [3.05, 3.63) is 88.2 Å². The summed E-state index contributed by atoms with van der Waals surface area (Å²) in [6, 6.07) is 21.7. The summed E-state index contributed by atoms with van der Waals surface area (Å²) in [4.78, 5) is 20.1. The van der Waals surface area contributed by atoms with Gasteiger partial charge in [-0.3, -0.25) is 0 Å². The molecular weight excluding hydrogens is 388 g/mol. The molecule has 7 heteroatoms. The molecule has 5 rings (SSSR count). The molecule has 0 saturated heterocycles. The predicted molar refractivity (Wildman–Crippen MR) is 113 cm³/mol. The second-order valence-corrected chi connectivity index (χ2v) is 6.89. The summed E-state index contributed by atoms with van der Waals surface area (Å²) in [5.41, 5.74) is 3.29. The lowest BCUT2D eigenvalue weighted by atomic mass is 10.1. The maximum atomic E-state index is 12.5. The van der Waals surface area contributed by atoms with E-state index in [2.05, 4.69) is 20.2 Å². The van der Waals surface area contributed by atoms with Gasteiger partial charge in [0.2, 0.25) is 0 Å². The van der Waals surface area contributed by atoms with Crippen LogP contribution in [0.15, 0.2) is 92.2 Å². The van der Waals surface area contributed by atoms with Crippen LogP contribution in [0.3, 0.4) is 0 Å².